The van der Waals surface area contributed by atoms with Gasteiger partial charge in [-0.15, -0.1) is 0 Å². The molecule has 4 fully saturated rings. The topological polar surface area (TPSA) is 62.5 Å². The van der Waals surface area contributed by atoms with E-state index in [1.54, 1.807) is 0 Å². The fourth-order valence-corrected chi connectivity index (χ4v) is 12.9. The molecule has 0 amide bonds. The Morgan fingerprint density at radius 2 is 0.938 bits per heavy atom. The van der Waals surface area contributed by atoms with Crippen LogP contribution in [0.3, 0.4) is 0 Å². The Hall–Kier alpha value is -7.48. The highest BCUT2D eigenvalue weighted by molar-refractivity contribution is 6.04. The van der Waals surface area contributed by atoms with Crippen LogP contribution in [0.5, 0.6) is 0 Å². The second-order valence-electron chi connectivity index (χ2n) is 18.7. The molecule has 0 radical (unpaired) electrons. The predicted molar refractivity (Wildman–Crippen MR) is 258 cm³/mol. The van der Waals surface area contributed by atoms with Crippen molar-refractivity contribution in [1.82, 2.24) is 15.0 Å². The van der Waals surface area contributed by atoms with E-state index in [0.29, 0.717) is 29.3 Å². The number of hydrogen-bond donors (Lipinski definition) is 0. The number of aromatic nitrogens is 3. The largest absolute Gasteiger partial charge is 0.208 e. The van der Waals surface area contributed by atoms with Crippen LogP contribution in [-0.2, 0) is 5.41 Å². The van der Waals surface area contributed by atoms with Crippen LogP contribution in [0.25, 0.3) is 89.4 Å². The van der Waals surface area contributed by atoms with Crippen molar-refractivity contribution >= 4 is 10.8 Å². The average molecular weight is 821 g/mol. The smallest absolute Gasteiger partial charge is 0.164 e. The minimum absolute atomic E-state index is 0.125. The number of benzene rings is 8. The molecule has 0 N–H and O–H groups in total. The summed E-state index contributed by atoms with van der Waals surface area (Å²) in [5.74, 6) is 4.66. The second kappa shape index (κ2) is 14.5. The standard InChI is InChI=1S/C60H44N4/c61-36-39-31-53(51-23-11-17-41-14-7-8-22-50(41)51)56-52-25-24-45(35-54(52)60(55(56)32-39)48-27-37-26-38(29-48)30-49(60)28-37)44-19-10-21-47(34-44)59-63-57(42-15-5-2-6-16-42)62-58(64-59)46-20-9-18-43(33-46)40-12-3-1-4-13-40/h1-25,31-35,37-38,48-49H,26-30H2. The zero-order valence-electron chi connectivity index (χ0n) is 35.5. The molecule has 0 atom stereocenters. The number of fused-ring (bicyclic) bond motifs is 4. The summed E-state index contributed by atoms with van der Waals surface area (Å²) >= 11 is 0. The van der Waals surface area contributed by atoms with Crippen molar-refractivity contribution in [3.05, 3.63) is 199 Å². The maximum atomic E-state index is 10.7. The Balaban J connectivity index is 0.975. The minimum Gasteiger partial charge on any atom is -0.208 e. The van der Waals surface area contributed by atoms with E-state index in [1.807, 2.05) is 24.3 Å². The Morgan fingerprint density at radius 1 is 0.406 bits per heavy atom. The zero-order valence-corrected chi connectivity index (χ0v) is 35.5. The third kappa shape index (κ3) is 5.77. The van der Waals surface area contributed by atoms with Crippen LogP contribution < -0.4 is 0 Å². The molecule has 0 unspecified atom stereocenters. The number of rotatable bonds is 6. The summed E-state index contributed by atoms with van der Waals surface area (Å²) in [6.07, 6.45) is 6.47. The van der Waals surface area contributed by atoms with Gasteiger partial charge in [-0.3, -0.25) is 0 Å². The first-order valence-electron chi connectivity index (χ1n) is 22.9. The van der Waals surface area contributed by atoms with Crippen LogP contribution in [0.15, 0.2) is 182 Å². The first kappa shape index (κ1) is 37.1. The summed E-state index contributed by atoms with van der Waals surface area (Å²) in [5.41, 5.74) is 16.0. The minimum atomic E-state index is -0.125. The molecule has 9 aromatic rings. The van der Waals surface area contributed by atoms with Crippen LogP contribution in [0.2, 0.25) is 0 Å². The highest BCUT2D eigenvalue weighted by atomic mass is 15.0. The van der Waals surface area contributed by atoms with Gasteiger partial charge in [-0.2, -0.15) is 5.26 Å². The van der Waals surface area contributed by atoms with E-state index in [2.05, 4.69) is 164 Å². The summed E-state index contributed by atoms with van der Waals surface area (Å²) in [6.45, 7) is 0. The van der Waals surface area contributed by atoms with Crippen LogP contribution in [0, 0.1) is 35.0 Å². The molecule has 1 aromatic heterocycles. The van der Waals surface area contributed by atoms with E-state index in [0.717, 1.165) is 50.8 Å². The van der Waals surface area contributed by atoms with Gasteiger partial charge >= 0.3 is 0 Å². The normalized spacial score (nSPS) is 21.2. The first-order valence-corrected chi connectivity index (χ1v) is 22.9. The molecule has 1 heterocycles. The Labute approximate surface area is 374 Å². The Kier molecular flexibility index (Phi) is 8.43. The number of nitrogens with zero attached hydrogens (tertiary/aromatic N) is 4. The quantitative estimate of drug-likeness (QED) is 0.168. The lowest BCUT2D eigenvalue weighted by atomic mass is 9.43. The van der Waals surface area contributed by atoms with Crippen molar-refractivity contribution in [1.29, 1.82) is 5.26 Å². The molecule has 8 aromatic carbocycles. The van der Waals surface area contributed by atoms with Gasteiger partial charge in [0.05, 0.1) is 11.6 Å². The zero-order chi connectivity index (χ0) is 42.4. The average Bonchev–Trinajstić information content (AvgIpc) is 3.65. The number of nitriles is 1. The summed E-state index contributed by atoms with van der Waals surface area (Å²) < 4.78 is 0. The molecular weight excluding hydrogens is 777 g/mol. The third-order valence-corrected chi connectivity index (χ3v) is 15.3. The van der Waals surface area contributed by atoms with Gasteiger partial charge in [0.1, 0.15) is 0 Å². The van der Waals surface area contributed by atoms with Gasteiger partial charge in [-0.05, 0) is 153 Å². The van der Waals surface area contributed by atoms with Gasteiger partial charge in [-0.1, -0.05) is 152 Å². The molecule has 4 saturated carbocycles. The molecule has 0 aliphatic heterocycles. The van der Waals surface area contributed by atoms with Gasteiger partial charge in [0, 0.05) is 22.1 Å². The predicted octanol–water partition coefficient (Wildman–Crippen LogP) is 14.6. The maximum absolute atomic E-state index is 10.7. The third-order valence-electron chi connectivity index (χ3n) is 15.3. The SMILES string of the molecule is N#Cc1cc(-c2cccc3ccccc23)c2c(c1)C1(c3cc(-c4cccc(-c5nc(-c6ccccc6)nc(-c6cccc(-c7ccccc7)c6)n5)c4)ccc3-2)C2CC3CC(C2)CC1C3. The van der Waals surface area contributed by atoms with E-state index in [-0.39, 0.29) is 5.41 Å². The molecule has 64 heavy (non-hydrogen) atoms. The molecule has 4 bridgehead atoms. The van der Waals surface area contributed by atoms with Gasteiger partial charge in [0.25, 0.3) is 0 Å². The first-order chi connectivity index (χ1) is 31.6. The molecule has 4 nitrogen and oxygen atoms in total. The van der Waals surface area contributed by atoms with Gasteiger partial charge in [0.2, 0.25) is 0 Å². The molecule has 4 heteroatoms. The summed E-state index contributed by atoms with van der Waals surface area (Å²) in [7, 11) is 0. The summed E-state index contributed by atoms with van der Waals surface area (Å²) in [6, 6.07) is 67.6. The Morgan fingerprint density at radius 3 is 1.61 bits per heavy atom. The highest BCUT2D eigenvalue weighted by Crippen LogP contribution is 2.70. The lowest BCUT2D eigenvalue weighted by molar-refractivity contribution is -0.0399. The van der Waals surface area contributed by atoms with Crippen LogP contribution in [0.1, 0.15) is 48.8 Å². The fourth-order valence-electron chi connectivity index (χ4n) is 12.9. The summed E-state index contributed by atoms with van der Waals surface area (Å²) in [5, 5.41) is 13.1. The molecule has 5 aliphatic carbocycles. The van der Waals surface area contributed by atoms with E-state index in [4.69, 9.17) is 15.0 Å². The van der Waals surface area contributed by atoms with Crippen molar-refractivity contribution < 1.29 is 0 Å². The monoisotopic (exact) mass is 820 g/mol. The second-order valence-corrected chi connectivity index (χ2v) is 18.7. The van der Waals surface area contributed by atoms with Crippen LogP contribution in [0.4, 0.5) is 0 Å². The van der Waals surface area contributed by atoms with Crippen molar-refractivity contribution in [3.63, 3.8) is 0 Å². The number of hydrogen-bond acceptors (Lipinski definition) is 4. The van der Waals surface area contributed by atoms with E-state index < -0.39 is 0 Å². The molecule has 14 rings (SSSR count). The van der Waals surface area contributed by atoms with Gasteiger partial charge in [-0.25, -0.2) is 15.0 Å². The van der Waals surface area contributed by atoms with Crippen LogP contribution in [-0.4, -0.2) is 15.0 Å². The molecule has 0 saturated heterocycles. The molecule has 5 aliphatic rings. The van der Waals surface area contributed by atoms with Crippen molar-refractivity contribution in [2.75, 3.05) is 0 Å². The maximum Gasteiger partial charge on any atom is 0.164 e. The summed E-state index contributed by atoms with van der Waals surface area (Å²) in [4.78, 5) is 15.4. The van der Waals surface area contributed by atoms with E-state index >= 15 is 0 Å². The van der Waals surface area contributed by atoms with E-state index in [1.165, 1.54) is 81.8 Å². The van der Waals surface area contributed by atoms with Crippen LogP contribution >= 0.6 is 0 Å². The molecule has 1 spiro atoms. The van der Waals surface area contributed by atoms with Gasteiger partial charge < -0.3 is 0 Å². The van der Waals surface area contributed by atoms with Crippen molar-refractivity contribution in [2.24, 2.45) is 23.7 Å². The lowest BCUT2D eigenvalue weighted by Gasteiger charge is -2.61. The van der Waals surface area contributed by atoms with Gasteiger partial charge in [0.15, 0.2) is 17.5 Å². The molecule has 304 valence electrons. The Bertz CT molecular complexity index is 3330. The van der Waals surface area contributed by atoms with Crippen molar-refractivity contribution in [2.45, 2.75) is 37.5 Å². The van der Waals surface area contributed by atoms with E-state index in [9.17, 15) is 5.26 Å². The lowest BCUT2D eigenvalue weighted by Crippen LogP contribution is -2.55. The fraction of sp³-hybridized carbons (Fsp3) is 0.167. The molecular formula is C60H44N4. The highest BCUT2D eigenvalue weighted by Gasteiger charge is 2.62. The van der Waals surface area contributed by atoms with Crippen molar-refractivity contribution in [3.8, 4) is 84.7 Å².